The first-order valence-corrected chi connectivity index (χ1v) is 11.3. The lowest BCUT2D eigenvalue weighted by atomic mass is 10.1. The van der Waals surface area contributed by atoms with E-state index in [1.807, 2.05) is 19.1 Å². The summed E-state index contributed by atoms with van der Waals surface area (Å²) in [5.41, 5.74) is 4.16. The zero-order valence-electron chi connectivity index (χ0n) is 18.5. The molecule has 2 N–H and O–H groups in total. The van der Waals surface area contributed by atoms with Gasteiger partial charge in [0.15, 0.2) is 0 Å². The fourth-order valence-corrected chi connectivity index (χ4v) is 3.88. The third-order valence-corrected chi connectivity index (χ3v) is 5.56. The summed E-state index contributed by atoms with van der Waals surface area (Å²) >= 11 is 0. The van der Waals surface area contributed by atoms with Crippen molar-refractivity contribution >= 4 is 11.7 Å². The van der Waals surface area contributed by atoms with Gasteiger partial charge in [0.2, 0.25) is 0 Å². The van der Waals surface area contributed by atoms with Crippen LogP contribution in [0.1, 0.15) is 46.9 Å². The van der Waals surface area contributed by atoms with Crippen molar-refractivity contribution in [2.75, 3.05) is 18.5 Å². The van der Waals surface area contributed by atoms with Crippen LogP contribution in [0.2, 0.25) is 0 Å². The molecule has 0 saturated carbocycles. The highest BCUT2D eigenvalue weighted by molar-refractivity contribution is 5.93. The van der Waals surface area contributed by atoms with Crippen LogP contribution >= 0.6 is 0 Å². The third-order valence-electron chi connectivity index (χ3n) is 5.56. The number of hydrogen-bond donors (Lipinski definition) is 2. The molecule has 3 heterocycles. The van der Waals surface area contributed by atoms with E-state index in [0.717, 1.165) is 55.1 Å². The van der Waals surface area contributed by atoms with Gasteiger partial charge in [0.25, 0.3) is 5.91 Å². The van der Waals surface area contributed by atoms with Crippen LogP contribution in [-0.4, -0.2) is 35.1 Å². The summed E-state index contributed by atoms with van der Waals surface area (Å²) in [7, 11) is 0. The van der Waals surface area contributed by atoms with Gasteiger partial charge >= 0.3 is 0 Å². The van der Waals surface area contributed by atoms with E-state index in [2.05, 4.69) is 39.9 Å². The molecule has 32 heavy (non-hydrogen) atoms. The number of fused-ring (bicyclic) bond motifs is 1. The predicted molar refractivity (Wildman–Crippen MR) is 126 cm³/mol. The molecule has 4 rings (SSSR count). The van der Waals surface area contributed by atoms with Gasteiger partial charge in [-0.1, -0.05) is 18.2 Å². The largest absolute Gasteiger partial charge is 0.494 e. The van der Waals surface area contributed by atoms with E-state index in [4.69, 9.17) is 9.72 Å². The maximum Gasteiger partial charge on any atom is 0.253 e. The molecule has 1 amide bonds. The van der Waals surface area contributed by atoms with Crippen molar-refractivity contribution in [2.45, 2.75) is 45.1 Å². The molecule has 1 aliphatic rings. The van der Waals surface area contributed by atoms with Crippen LogP contribution in [0.3, 0.4) is 0 Å². The molecule has 1 atom stereocenters. The number of anilines is 1. The average Bonchev–Trinajstić information content (AvgIpc) is 2.83. The molecule has 166 valence electrons. The van der Waals surface area contributed by atoms with E-state index in [-0.39, 0.29) is 11.9 Å². The van der Waals surface area contributed by atoms with E-state index in [0.29, 0.717) is 12.2 Å². The molecular formula is C26H30N4O2. The molecule has 0 spiro atoms. The Morgan fingerprint density at radius 1 is 1.19 bits per heavy atom. The van der Waals surface area contributed by atoms with Crippen LogP contribution in [0.4, 0.5) is 5.82 Å². The van der Waals surface area contributed by atoms with Gasteiger partial charge in [0.1, 0.15) is 11.6 Å². The normalized spacial score (nSPS) is 13.5. The van der Waals surface area contributed by atoms with Gasteiger partial charge in [-0.05, 0) is 80.5 Å². The minimum absolute atomic E-state index is 0.0214. The van der Waals surface area contributed by atoms with Crippen molar-refractivity contribution in [3.8, 4) is 5.75 Å². The Kier molecular flexibility index (Phi) is 7.33. The molecule has 3 aromatic rings. The summed E-state index contributed by atoms with van der Waals surface area (Å²) in [6.45, 7) is 3.67. The van der Waals surface area contributed by atoms with Crippen molar-refractivity contribution in [1.29, 1.82) is 0 Å². The molecule has 2 aromatic heterocycles. The number of rotatable bonds is 9. The molecule has 0 bridgehead atoms. The van der Waals surface area contributed by atoms with Crippen LogP contribution in [0, 0.1) is 0 Å². The van der Waals surface area contributed by atoms with Gasteiger partial charge in [-0.25, -0.2) is 4.98 Å². The summed E-state index contributed by atoms with van der Waals surface area (Å²) in [5, 5.41) is 6.40. The fourth-order valence-electron chi connectivity index (χ4n) is 3.88. The van der Waals surface area contributed by atoms with Crippen LogP contribution in [0.15, 0.2) is 60.9 Å². The number of carbonyl (C=O) groups excluding carboxylic acids is 1. The first-order chi connectivity index (χ1) is 15.7. The molecule has 1 aromatic carbocycles. The van der Waals surface area contributed by atoms with Gasteiger partial charge in [-0.2, -0.15) is 0 Å². The zero-order chi connectivity index (χ0) is 22.2. The van der Waals surface area contributed by atoms with Crippen LogP contribution in [-0.2, 0) is 19.3 Å². The first kappa shape index (κ1) is 21.8. The summed E-state index contributed by atoms with van der Waals surface area (Å²) < 4.78 is 5.90. The smallest absolute Gasteiger partial charge is 0.253 e. The number of pyridine rings is 2. The number of nitrogens with zero attached hydrogens (tertiary/aromatic N) is 2. The highest BCUT2D eigenvalue weighted by Gasteiger charge is 2.11. The maximum atomic E-state index is 12.2. The lowest BCUT2D eigenvalue weighted by Crippen LogP contribution is -2.34. The first-order valence-electron chi connectivity index (χ1n) is 11.3. The molecular weight excluding hydrogens is 400 g/mol. The summed E-state index contributed by atoms with van der Waals surface area (Å²) in [4.78, 5) is 21.0. The number of aromatic nitrogens is 2. The molecule has 0 fully saturated rings. The van der Waals surface area contributed by atoms with Gasteiger partial charge in [0, 0.05) is 30.7 Å². The Morgan fingerprint density at radius 3 is 2.88 bits per heavy atom. The lowest BCUT2D eigenvalue weighted by Gasteiger charge is -2.17. The summed E-state index contributed by atoms with van der Waals surface area (Å²) in [5.74, 6) is 1.81. The standard InChI is InChI=1S/C26H30N4O2/c1-19(29-26(31)22-6-2-14-27-18-22)17-20-8-12-24(13-9-20)32-16-4-7-23-11-10-21-5-3-15-28-25(21)30-23/h2,6,8-14,18-19H,3-5,7,15-17H2,1H3,(H,28,30)(H,29,31)/t19-/m0/s1. The Hall–Kier alpha value is -3.41. The highest BCUT2D eigenvalue weighted by atomic mass is 16.5. The van der Waals surface area contributed by atoms with Crippen molar-refractivity contribution in [3.05, 3.63) is 83.3 Å². The highest BCUT2D eigenvalue weighted by Crippen LogP contribution is 2.20. The molecule has 6 heteroatoms. The molecule has 0 saturated heterocycles. The Morgan fingerprint density at radius 2 is 2.06 bits per heavy atom. The van der Waals surface area contributed by atoms with Crippen LogP contribution in [0.5, 0.6) is 5.75 Å². The van der Waals surface area contributed by atoms with E-state index in [1.54, 1.807) is 24.5 Å². The third kappa shape index (κ3) is 6.06. The maximum absolute atomic E-state index is 12.2. The van der Waals surface area contributed by atoms with Gasteiger partial charge in [0.05, 0.1) is 12.2 Å². The van der Waals surface area contributed by atoms with E-state index in [1.165, 1.54) is 12.0 Å². The Balaban J connectivity index is 1.19. The average molecular weight is 431 g/mol. The van der Waals surface area contributed by atoms with Crippen molar-refractivity contribution in [3.63, 3.8) is 0 Å². The second-order valence-corrected chi connectivity index (χ2v) is 8.26. The predicted octanol–water partition coefficient (Wildman–Crippen LogP) is 4.21. The van der Waals surface area contributed by atoms with Crippen molar-refractivity contribution in [1.82, 2.24) is 15.3 Å². The van der Waals surface area contributed by atoms with Crippen molar-refractivity contribution < 1.29 is 9.53 Å². The number of benzene rings is 1. The molecule has 6 nitrogen and oxygen atoms in total. The molecule has 0 unspecified atom stereocenters. The fraction of sp³-hybridized carbons (Fsp3) is 0.346. The molecule has 0 radical (unpaired) electrons. The van der Waals surface area contributed by atoms with E-state index < -0.39 is 0 Å². The Labute approximate surface area is 189 Å². The summed E-state index contributed by atoms with van der Waals surface area (Å²) in [6.07, 6.45) is 8.11. The number of hydrogen-bond acceptors (Lipinski definition) is 5. The molecule has 0 aliphatic carbocycles. The van der Waals surface area contributed by atoms with Crippen LogP contribution < -0.4 is 15.4 Å². The van der Waals surface area contributed by atoms with Gasteiger partial charge < -0.3 is 15.4 Å². The minimum Gasteiger partial charge on any atom is -0.494 e. The quantitative estimate of drug-likeness (QED) is 0.498. The molecule has 1 aliphatic heterocycles. The Bertz CT molecular complexity index is 1020. The lowest BCUT2D eigenvalue weighted by molar-refractivity contribution is 0.0939. The summed E-state index contributed by atoms with van der Waals surface area (Å²) in [6, 6.07) is 16.0. The minimum atomic E-state index is -0.102. The van der Waals surface area contributed by atoms with E-state index in [9.17, 15) is 4.79 Å². The number of nitrogens with one attached hydrogen (secondary N) is 2. The second kappa shape index (κ2) is 10.8. The number of amides is 1. The monoisotopic (exact) mass is 430 g/mol. The van der Waals surface area contributed by atoms with E-state index >= 15 is 0 Å². The second-order valence-electron chi connectivity index (χ2n) is 8.26. The topological polar surface area (TPSA) is 76.1 Å². The zero-order valence-corrected chi connectivity index (χ0v) is 18.5. The number of ether oxygens (including phenoxy) is 1. The van der Waals surface area contributed by atoms with Gasteiger partial charge in [-0.15, -0.1) is 0 Å². The van der Waals surface area contributed by atoms with Crippen molar-refractivity contribution in [2.24, 2.45) is 0 Å². The number of aryl methyl sites for hydroxylation is 2. The SMILES string of the molecule is C[C@@H](Cc1ccc(OCCCc2ccc3c(n2)NCCC3)cc1)NC(=O)c1cccnc1. The van der Waals surface area contributed by atoms with Crippen LogP contribution in [0.25, 0.3) is 0 Å². The van der Waals surface area contributed by atoms with Gasteiger partial charge in [-0.3, -0.25) is 9.78 Å². The number of carbonyl (C=O) groups is 1.